The van der Waals surface area contributed by atoms with Crippen LogP contribution >= 0.6 is 0 Å². The normalized spacial score (nSPS) is 28.4. The summed E-state index contributed by atoms with van der Waals surface area (Å²) in [5.41, 5.74) is 2.90. The highest BCUT2D eigenvalue weighted by Gasteiger charge is 2.61. The molecule has 3 saturated carbocycles. The Morgan fingerprint density at radius 3 is 2.15 bits per heavy atom. The van der Waals surface area contributed by atoms with E-state index < -0.39 is 0 Å². The van der Waals surface area contributed by atoms with Crippen molar-refractivity contribution >= 4 is 11.6 Å². The third-order valence-corrected chi connectivity index (χ3v) is 9.37. The molecule has 2 aromatic carbocycles. The Bertz CT molecular complexity index is 961. The Labute approximate surface area is 206 Å². The Morgan fingerprint density at radius 2 is 1.53 bits per heavy atom. The number of hydrogen-bond donors (Lipinski definition) is 0. The number of benzene rings is 2. The highest BCUT2D eigenvalue weighted by atomic mass is 16.2. The zero-order valence-electron chi connectivity index (χ0n) is 21.4. The second-order valence-electron chi connectivity index (χ2n) is 12.1. The lowest BCUT2D eigenvalue weighted by atomic mass is 9.67. The number of nitrogens with zero attached hydrogens (tertiary/aromatic N) is 2. The smallest absolute Gasteiger partial charge is 0.241 e. The fraction of sp³-hybridized carbons (Fsp3) is 0.581. The first-order valence-corrected chi connectivity index (χ1v) is 13.5. The van der Waals surface area contributed by atoms with E-state index in [1.807, 2.05) is 6.07 Å². The molecule has 3 aliphatic rings. The summed E-state index contributed by atoms with van der Waals surface area (Å²) in [7, 11) is 0. The fourth-order valence-electron chi connectivity index (χ4n) is 7.98. The van der Waals surface area contributed by atoms with Crippen LogP contribution < -0.4 is 4.90 Å². The number of carbonyl (C=O) groups excluding carboxylic acids is 1. The van der Waals surface area contributed by atoms with Gasteiger partial charge in [-0.05, 0) is 66.5 Å². The molecule has 0 spiro atoms. The largest absolute Gasteiger partial charge is 0.308 e. The third kappa shape index (κ3) is 4.44. The maximum absolute atomic E-state index is 14.2. The molecule has 0 heterocycles. The van der Waals surface area contributed by atoms with Gasteiger partial charge in [0.2, 0.25) is 5.91 Å². The van der Waals surface area contributed by atoms with E-state index in [2.05, 4.69) is 85.2 Å². The first kappa shape index (κ1) is 23.6. The van der Waals surface area contributed by atoms with Crippen LogP contribution in [-0.4, -0.2) is 29.4 Å². The molecule has 2 aromatic rings. The minimum Gasteiger partial charge on any atom is -0.308 e. The molecule has 0 aromatic heterocycles. The summed E-state index contributed by atoms with van der Waals surface area (Å²) < 4.78 is 0. The second-order valence-corrected chi connectivity index (χ2v) is 12.1. The number of carbonyl (C=O) groups is 1. The summed E-state index contributed by atoms with van der Waals surface area (Å²) in [4.78, 5) is 18.9. The lowest BCUT2D eigenvalue weighted by Crippen LogP contribution is -2.56. The van der Waals surface area contributed by atoms with Gasteiger partial charge in [-0.3, -0.25) is 9.69 Å². The van der Waals surface area contributed by atoms with E-state index in [1.165, 1.54) is 44.1 Å². The van der Waals surface area contributed by atoms with Crippen molar-refractivity contribution in [2.75, 3.05) is 11.4 Å². The quantitative estimate of drug-likeness (QED) is 0.443. The second kappa shape index (κ2) is 9.49. The Morgan fingerprint density at radius 1 is 0.882 bits per heavy atom. The van der Waals surface area contributed by atoms with E-state index in [-0.39, 0.29) is 11.3 Å². The van der Waals surface area contributed by atoms with E-state index >= 15 is 0 Å². The summed E-state index contributed by atoms with van der Waals surface area (Å²) in [6, 6.07) is 22.0. The molecule has 5 rings (SSSR count). The predicted molar refractivity (Wildman–Crippen MR) is 141 cm³/mol. The first-order chi connectivity index (χ1) is 16.4. The Hall–Kier alpha value is -2.13. The summed E-state index contributed by atoms with van der Waals surface area (Å²) in [5, 5.41) is 0. The molecule has 3 aliphatic carbocycles. The van der Waals surface area contributed by atoms with Gasteiger partial charge in [-0.15, -0.1) is 0 Å². The average molecular weight is 459 g/mol. The Balaban J connectivity index is 1.46. The SMILES string of the molecule is CC12CCC(C1)C(C)(C)C2N(CC(=O)N(c1ccccc1)C1CCCCC1)Cc1ccccc1. The van der Waals surface area contributed by atoms with Crippen LogP contribution in [0.2, 0.25) is 0 Å². The minimum atomic E-state index is 0.227. The number of amides is 1. The van der Waals surface area contributed by atoms with Gasteiger partial charge >= 0.3 is 0 Å². The summed E-state index contributed by atoms with van der Waals surface area (Å²) in [5.74, 6) is 1.04. The van der Waals surface area contributed by atoms with Crippen LogP contribution in [0.1, 0.15) is 77.7 Å². The summed E-state index contributed by atoms with van der Waals surface area (Å²) in [6.45, 7) is 8.76. The maximum atomic E-state index is 14.2. The van der Waals surface area contributed by atoms with Crippen molar-refractivity contribution in [2.24, 2.45) is 16.7 Å². The molecular formula is C31H42N2O. The van der Waals surface area contributed by atoms with Crippen molar-refractivity contribution in [3.05, 3.63) is 66.2 Å². The molecule has 3 fully saturated rings. The Kier molecular flexibility index (Phi) is 6.59. The summed E-state index contributed by atoms with van der Waals surface area (Å²) in [6.07, 6.45) is 9.91. The molecule has 3 unspecified atom stereocenters. The molecule has 0 radical (unpaired) electrons. The number of fused-ring (bicyclic) bond motifs is 2. The van der Waals surface area contributed by atoms with Gasteiger partial charge in [-0.25, -0.2) is 0 Å². The zero-order chi connectivity index (χ0) is 23.8. The van der Waals surface area contributed by atoms with Crippen molar-refractivity contribution in [3.8, 4) is 0 Å². The van der Waals surface area contributed by atoms with Gasteiger partial charge in [-0.1, -0.05) is 88.6 Å². The lowest BCUT2D eigenvalue weighted by molar-refractivity contribution is -0.123. The van der Waals surface area contributed by atoms with Gasteiger partial charge in [-0.2, -0.15) is 0 Å². The molecule has 34 heavy (non-hydrogen) atoms. The van der Waals surface area contributed by atoms with Crippen LogP contribution in [0.3, 0.4) is 0 Å². The number of para-hydroxylation sites is 1. The maximum Gasteiger partial charge on any atom is 0.241 e. The number of anilines is 1. The molecule has 3 atom stereocenters. The van der Waals surface area contributed by atoms with E-state index in [9.17, 15) is 4.79 Å². The van der Waals surface area contributed by atoms with Gasteiger partial charge in [0.05, 0.1) is 6.54 Å². The van der Waals surface area contributed by atoms with Crippen molar-refractivity contribution in [1.29, 1.82) is 0 Å². The highest BCUT2D eigenvalue weighted by Crippen LogP contribution is 2.64. The molecule has 0 saturated heterocycles. The van der Waals surface area contributed by atoms with Crippen LogP contribution in [-0.2, 0) is 11.3 Å². The molecular weight excluding hydrogens is 416 g/mol. The molecule has 182 valence electrons. The number of hydrogen-bond acceptors (Lipinski definition) is 2. The predicted octanol–water partition coefficient (Wildman–Crippen LogP) is 7.07. The molecule has 3 heteroatoms. The highest BCUT2D eigenvalue weighted by molar-refractivity contribution is 5.95. The van der Waals surface area contributed by atoms with Crippen LogP contribution in [0.5, 0.6) is 0 Å². The van der Waals surface area contributed by atoms with Gasteiger partial charge in [0, 0.05) is 24.3 Å². The molecule has 0 N–H and O–H groups in total. The van der Waals surface area contributed by atoms with E-state index in [0.717, 1.165) is 31.0 Å². The third-order valence-electron chi connectivity index (χ3n) is 9.37. The van der Waals surface area contributed by atoms with Gasteiger partial charge in [0.1, 0.15) is 0 Å². The standard InChI is InChI=1S/C31H42N2O/c1-30(2)25-19-20-31(3,21-25)29(30)32(22-24-13-7-4-8-14-24)23-28(34)33(26-15-9-5-10-16-26)27-17-11-6-12-18-27/h4-5,7-10,13-16,25,27,29H,6,11-12,17-23H2,1-3H3. The van der Waals surface area contributed by atoms with Gasteiger partial charge in [0.25, 0.3) is 0 Å². The lowest BCUT2D eigenvalue weighted by Gasteiger charge is -2.49. The first-order valence-electron chi connectivity index (χ1n) is 13.5. The van der Waals surface area contributed by atoms with Crippen LogP contribution in [0.15, 0.2) is 60.7 Å². The molecule has 2 bridgehead atoms. The topological polar surface area (TPSA) is 23.6 Å². The fourth-order valence-corrected chi connectivity index (χ4v) is 7.98. The van der Waals surface area contributed by atoms with E-state index in [0.29, 0.717) is 24.0 Å². The van der Waals surface area contributed by atoms with Crippen LogP contribution in [0, 0.1) is 16.7 Å². The molecule has 0 aliphatic heterocycles. The van der Waals surface area contributed by atoms with Crippen molar-refractivity contribution in [3.63, 3.8) is 0 Å². The number of rotatable bonds is 7. The van der Waals surface area contributed by atoms with Crippen molar-refractivity contribution in [1.82, 2.24) is 4.90 Å². The van der Waals surface area contributed by atoms with Crippen molar-refractivity contribution in [2.45, 2.75) is 90.8 Å². The average Bonchev–Trinajstić information content (AvgIpc) is 3.32. The van der Waals surface area contributed by atoms with E-state index in [4.69, 9.17) is 0 Å². The van der Waals surface area contributed by atoms with Gasteiger partial charge in [0.15, 0.2) is 0 Å². The van der Waals surface area contributed by atoms with Crippen LogP contribution in [0.25, 0.3) is 0 Å². The summed E-state index contributed by atoms with van der Waals surface area (Å²) >= 11 is 0. The zero-order valence-corrected chi connectivity index (χ0v) is 21.4. The monoisotopic (exact) mass is 458 g/mol. The van der Waals surface area contributed by atoms with Gasteiger partial charge < -0.3 is 4.90 Å². The molecule has 1 amide bonds. The van der Waals surface area contributed by atoms with E-state index in [1.54, 1.807) is 0 Å². The van der Waals surface area contributed by atoms with Crippen molar-refractivity contribution < 1.29 is 4.79 Å². The minimum absolute atomic E-state index is 0.227. The molecule has 3 nitrogen and oxygen atoms in total. The van der Waals surface area contributed by atoms with Crippen LogP contribution in [0.4, 0.5) is 5.69 Å².